The molecule has 0 aliphatic rings. The standard InChI is InChI=1S/C19H30O3S/c1-2-3-4-5-6-7-8-9-10-11-15-23-19(22)16-13-12-14-17(20)18(16)21/h12-14,20-21H,2-11,15H2,1H3. The van der Waals surface area contributed by atoms with Gasteiger partial charge in [-0.1, -0.05) is 82.5 Å². The van der Waals surface area contributed by atoms with Crippen LogP contribution in [0.3, 0.4) is 0 Å². The van der Waals surface area contributed by atoms with E-state index in [1.54, 1.807) is 12.1 Å². The maximum atomic E-state index is 12.0. The van der Waals surface area contributed by atoms with Gasteiger partial charge in [-0.25, -0.2) is 0 Å². The number of carbonyl (C=O) groups is 1. The molecule has 0 aromatic heterocycles. The number of aromatic hydroxyl groups is 2. The lowest BCUT2D eigenvalue weighted by atomic mass is 10.1. The van der Waals surface area contributed by atoms with E-state index in [1.165, 1.54) is 69.2 Å². The number of thioether (sulfide) groups is 1. The number of phenols is 2. The number of phenolic OH excluding ortho intramolecular Hbond substituents is 2. The molecule has 4 heteroatoms. The zero-order valence-corrected chi connectivity index (χ0v) is 15.0. The number of carbonyl (C=O) groups excluding carboxylic acids is 1. The summed E-state index contributed by atoms with van der Waals surface area (Å²) < 4.78 is 0. The van der Waals surface area contributed by atoms with E-state index in [9.17, 15) is 15.0 Å². The minimum absolute atomic E-state index is 0.172. The van der Waals surface area contributed by atoms with Gasteiger partial charge in [0.05, 0.1) is 5.56 Å². The number of para-hydroxylation sites is 1. The second-order valence-corrected chi connectivity index (χ2v) is 7.06. The fourth-order valence-electron chi connectivity index (χ4n) is 2.53. The van der Waals surface area contributed by atoms with Crippen molar-refractivity contribution in [3.63, 3.8) is 0 Å². The van der Waals surface area contributed by atoms with E-state index in [1.807, 2.05) is 0 Å². The summed E-state index contributed by atoms with van der Waals surface area (Å²) in [6.07, 6.45) is 12.8. The summed E-state index contributed by atoms with van der Waals surface area (Å²) in [4.78, 5) is 12.0. The fraction of sp³-hybridized carbons (Fsp3) is 0.632. The molecule has 1 rings (SSSR count). The van der Waals surface area contributed by atoms with Crippen LogP contribution in [0.2, 0.25) is 0 Å². The number of rotatable bonds is 12. The van der Waals surface area contributed by atoms with Gasteiger partial charge < -0.3 is 10.2 Å². The van der Waals surface area contributed by atoms with Gasteiger partial charge in [-0.15, -0.1) is 0 Å². The molecule has 0 heterocycles. The third-order valence-corrected chi connectivity index (χ3v) is 4.94. The van der Waals surface area contributed by atoms with Crippen LogP contribution in [0.25, 0.3) is 0 Å². The Morgan fingerprint density at radius 3 is 2.09 bits per heavy atom. The molecular weight excluding hydrogens is 308 g/mol. The molecule has 1 aromatic carbocycles. The molecule has 0 unspecified atom stereocenters. The minimum atomic E-state index is -0.312. The topological polar surface area (TPSA) is 57.5 Å². The lowest BCUT2D eigenvalue weighted by Gasteiger charge is -2.05. The van der Waals surface area contributed by atoms with E-state index in [0.717, 1.165) is 18.6 Å². The molecular formula is C19H30O3S. The lowest BCUT2D eigenvalue weighted by molar-refractivity contribution is 0.108. The van der Waals surface area contributed by atoms with Crippen LogP contribution < -0.4 is 0 Å². The highest BCUT2D eigenvalue weighted by Crippen LogP contribution is 2.31. The van der Waals surface area contributed by atoms with Crippen molar-refractivity contribution in [1.29, 1.82) is 0 Å². The Balaban J connectivity index is 2.03. The van der Waals surface area contributed by atoms with Gasteiger partial charge in [0.15, 0.2) is 11.5 Å². The molecule has 3 nitrogen and oxygen atoms in total. The quantitative estimate of drug-likeness (QED) is 0.368. The maximum Gasteiger partial charge on any atom is 0.223 e. The van der Waals surface area contributed by atoms with E-state index in [0.29, 0.717) is 0 Å². The van der Waals surface area contributed by atoms with Gasteiger partial charge in [-0.05, 0) is 18.6 Å². The van der Waals surface area contributed by atoms with Crippen LogP contribution in [-0.4, -0.2) is 21.1 Å². The molecule has 0 spiro atoms. The normalized spacial score (nSPS) is 10.8. The first-order valence-electron chi connectivity index (χ1n) is 8.85. The number of benzene rings is 1. The minimum Gasteiger partial charge on any atom is -0.504 e. The van der Waals surface area contributed by atoms with Gasteiger partial charge in [0, 0.05) is 5.75 Å². The summed E-state index contributed by atoms with van der Waals surface area (Å²) in [6.45, 7) is 2.24. The molecule has 0 aliphatic heterocycles. The van der Waals surface area contributed by atoms with Crippen molar-refractivity contribution in [2.24, 2.45) is 0 Å². The van der Waals surface area contributed by atoms with Gasteiger partial charge in [0.25, 0.3) is 0 Å². The molecule has 0 radical (unpaired) electrons. The zero-order chi connectivity index (χ0) is 16.9. The van der Waals surface area contributed by atoms with Crippen molar-refractivity contribution in [2.45, 2.75) is 71.1 Å². The van der Waals surface area contributed by atoms with E-state index < -0.39 is 0 Å². The molecule has 2 N–H and O–H groups in total. The molecule has 0 saturated heterocycles. The second kappa shape index (κ2) is 12.3. The Kier molecular flexibility index (Phi) is 10.6. The molecule has 1 aromatic rings. The first-order valence-corrected chi connectivity index (χ1v) is 9.83. The summed E-state index contributed by atoms with van der Waals surface area (Å²) in [7, 11) is 0. The number of hydrogen-bond donors (Lipinski definition) is 2. The van der Waals surface area contributed by atoms with Gasteiger partial charge in [0.2, 0.25) is 5.12 Å². The molecule has 23 heavy (non-hydrogen) atoms. The third-order valence-electron chi connectivity index (χ3n) is 3.97. The molecule has 0 bridgehead atoms. The average molecular weight is 339 g/mol. The Bertz CT molecular complexity index is 460. The van der Waals surface area contributed by atoms with Crippen LogP contribution in [-0.2, 0) is 0 Å². The highest BCUT2D eigenvalue weighted by atomic mass is 32.2. The summed E-state index contributed by atoms with van der Waals surface area (Å²) in [5.74, 6) is 0.216. The van der Waals surface area contributed by atoms with E-state index in [-0.39, 0.29) is 22.2 Å². The van der Waals surface area contributed by atoms with E-state index >= 15 is 0 Å². The molecule has 0 atom stereocenters. The fourth-order valence-corrected chi connectivity index (χ4v) is 3.38. The van der Waals surface area contributed by atoms with Gasteiger partial charge >= 0.3 is 0 Å². The Morgan fingerprint density at radius 1 is 0.913 bits per heavy atom. The maximum absolute atomic E-state index is 12.0. The number of hydrogen-bond acceptors (Lipinski definition) is 4. The van der Waals surface area contributed by atoms with Crippen molar-refractivity contribution in [1.82, 2.24) is 0 Å². The summed E-state index contributed by atoms with van der Waals surface area (Å²) in [6, 6.07) is 4.49. The molecule has 0 aliphatic carbocycles. The third kappa shape index (κ3) is 8.31. The highest BCUT2D eigenvalue weighted by Gasteiger charge is 2.13. The first kappa shape index (κ1) is 19.9. The summed E-state index contributed by atoms with van der Waals surface area (Å²) in [5.41, 5.74) is 0.196. The molecule has 0 amide bonds. The van der Waals surface area contributed by atoms with Crippen LogP contribution in [0.4, 0.5) is 0 Å². The van der Waals surface area contributed by atoms with Crippen molar-refractivity contribution < 1.29 is 15.0 Å². The summed E-state index contributed by atoms with van der Waals surface area (Å²) in [5, 5.41) is 18.9. The van der Waals surface area contributed by atoms with Crippen LogP contribution in [0.15, 0.2) is 18.2 Å². The highest BCUT2D eigenvalue weighted by molar-refractivity contribution is 8.14. The van der Waals surface area contributed by atoms with Gasteiger partial charge in [0.1, 0.15) is 0 Å². The largest absolute Gasteiger partial charge is 0.504 e. The van der Waals surface area contributed by atoms with Crippen LogP contribution in [0.5, 0.6) is 11.5 Å². The zero-order valence-electron chi connectivity index (χ0n) is 14.2. The van der Waals surface area contributed by atoms with Crippen molar-refractivity contribution in [2.75, 3.05) is 5.75 Å². The summed E-state index contributed by atoms with van der Waals surface area (Å²) >= 11 is 1.22. The van der Waals surface area contributed by atoms with Crippen molar-refractivity contribution in [3.8, 4) is 11.5 Å². The van der Waals surface area contributed by atoms with Gasteiger partial charge in [-0.3, -0.25) is 4.79 Å². The predicted molar refractivity (Wildman–Crippen MR) is 98.4 cm³/mol. The average Bonchev–Trinajstić information content (AvgIpc) is 2.55. The van der Waals surface area contributed by atoms with Crippen molar-refractivity contribution >= 4 is 16.9 Å². The molecule has 0 saturated carbocycles. The monoisotopic (exact) mass is 338 g/mol. The van der Waals surface area contributed by atoms with E-state index in [4.69, 9.17) is 0 Å². The molecule has 0 fully saturated rings. The smallest absolute Gasteiger partial charge is 0.223 e. The predicted octanol–water partition coefficient (Wildman–Crippen LogP) is 5.89. The Hall–Kier alpha value is -1.16. The number of unbranched alkanes of at least 4 members (excludes halogenated alkanes) is 9. The van der Waals surface area contributed by atoms with Crippen LogP contribution in [0, 0.1) is 0 Å². The van der Waals surface area contributed by atoms with Crippen molar-refractivity contribution in [3.05, 3.63) is 23.8 Å². The molecule has 130 valence electrons. The second-order valence-electron chi connectivity index (χ2n) is 5.99. The van der Waals surface area contributed by atoms with Crippen LogP contribution in [0.1, 0.15) is 81.5 Å². The Labute approximate surface area is 144 Å². The van der Waals surface area contributed by atoms with Gasteiger partial charge in [-0.2, -0.15) is 0 Å². The SMILES string of the molecule is CCCCCCCCCCCCSC(=O)c1cccc(O)c1O. The van der Waals surface area contributed by atoms with E-state index in [2.05, 4.69) is 6.92 Å². The first-order chi connectivity index (χ1) is 11.2. The Morgan fingerprint density at radius 2 is 1.48 bits per heavy atom. The lowest BCUT2D eigenvalue weighted by Crippen LogP contribution is -1.96. The van der Waals surface area contributed by atoms with Crippen LogP contribution >= 0.6 is 11.8 Å².